The molecule has 14 heavy (non-hydrogen) atoms. The quantitative estimate of drug-likeness (QED) is 0.787. The molecule has 0 amide bonds. The van der Waals surface area contributed by atoms with Crippen molar-refractivity contribution < 1.29 is 14.3 Å². The molecule has 1 aromatic rings. The van der Waals surface area contributed by atoms with Gasteiger partial charge in [-0.05, 0) is 24.5 Å². The third-order valence-electron chi connectivity index (χ3n) is 2.10. The third kappa shape index (κ3) is 2.37. The predicted octanol–water partition coefficient (Wildman–Crippen LogP) is 2.88. The van der Waals surface area contributed by atoms with Crippen molar-refractivity contribution in [2.45, 2.75) is 39.5 Å². The highest BCUT2D eigenvalue weighted by molar-refractivity contribution is 5.84. The molecule has 0 aliphatic rings. The smallest absolute Gasteiger partial charge is 0.371 e. The van der Waals surface area contributed by atoms with Crippen LogP contribution in [0.2, 0.25) is 0 Å². The number of rotatable bonds is 5. The van der Waals surface area contributed by atoms with Gasteiger partial charge < -0.3 is 9.52 Å². The molecule has 3 nitrogen and oxygen atoms in total. The Labute approximate surface area is 83.7 Å². The molecule has 78 valence electrons. The minimum Gasteiger partial charge on any atom is -0.475 e. The Kier molecular flexibility index (Phi) is 3.74. The highest BCUT2D eigenvalue weighted by Crippen LogP contribution is 2.19. The normalized spacial score (nSPS) is 10.4. The SMILES string of the molecule is CCCc1cc(C(=O)O)oc1CCC. The largest absolute Gasteiger partial charge is 0.475 e. The van der Waals surface area contributed by atoms with Crippen LogP contribution in [-0.2, 0) is 12.8 Å². The number of hydrogen-bond acceptors (Lipinski definition) is 2. The average molecular weight is 196 g/mol. The molecule has 0 bridgehead atoms. The van der Waals surface area contributed by atoms with Crippen LogP contribution in [0.3, 0.4) is 0 Å². The Hall–Kier alpha value is -1.25. The summed E-state index contributed by atoms with van der Waals surface area (Å²) in [5.41, 5.74) is 1.05. The van der Waals surface area contributed by atoms with E-state index in [0.29, 0.717) is 0 Å². The van der Waals surface area contributed by atoms with E-state index < -0.39 is 5.97 Å². The first-order valence-electron chi connectivity index (χ1n) is 5.03. The number of carbonyl (C=O) groups is 1. The Morgan fingerprint density at radius 1 is 1.36 bits per heavy atom. The number of carboxylic acid groups (broad SMARTS) is 1. The van der Waals surface area contributed by atoms with Gasteiger partial charge in [0.25, 0.3) is 0 Å². The minimum atomic E-state index is -0.982. The van der Waals surface area contributed by atoms with Crippen LogP contribution in [0, 0.1) is 0 Å². The molecule has 0 unspecified atom stereocenters. The van der Waals surface area contributed by atoms with Gasteiger partial charge in [0.2, 0.25) is 5.76 Å². The van der Waals surface area contributed by atoms with Crippen LogP contribution in [0.5, 0.6) is 0 Å². The van der Waals surface area contributed by atoms with E-state index in [4.69, 9.17) is 9.52 Å². The van der Waals surface area contributed by atoms with Gasteiger partial charge in [0.15, 0.2) is 0 Å². The summed E-state index contributed by atoms with van der Waals surface area (Å²) in [6, 6.07) is 1.65. The molecule has 0 radical (unpaired) electrons. The zero-order chi connectivity index (χ0) is 10.6. The second kappa shape index (κ2) is 4.84. The third-order valence-corrected chi connectivity index (χ3v) is 2.10. The van der Waals surface area contributed by atoms with E-state index in [-0.39, 0.29) is 5.76 Å². The summed E-state index contributed by atoms with van der Waals surface area (Å²) in [5.74, 6) is -0.0756. The maximum atomic E-state index is 10.7. The van der Waals surface area contributed by atoms with Gasteiger partial charge in [0, 0.05) is 6.42 Å². The van der Waals surface area contributed by atoms with E-state index in [2.05, 4.69) is 13.8 Å². The number of carboxylic acids is 1. The molecule has 0 spiro atoms. The number of aromatic carboxylic acids is 1. The average Bonchev–Trinajstić information content (AvgIpc) is 2.50. The molecular formula is C11H16O3. The molecule has 0 aromatic carbocycles. The number of furan rings is 1. The van der Waals surface area contributed by atoms with Crippen LogP contribution in [0.1, 0.15) is 48.6 Å². The lowest BCUT2D eigenvalue weighted by Gasteiger charge is -1.97. The molecule has 0 aliphatic carbocycles. The fourth-order valence-electron chi connectivity index (χ4n) is 1.49. The maximum absolute atomic E-state index is 10.7. The van der Waals surface area contributed by atoms with E-state index in [1.807, 2.05) is 0 Å². The van der Waals surface area contributed by atoms with Crippen molar-refractivity contribution in [3.63, 3.8) is 0 Å². The van der Waals surface area contributed by atoms with Gasteiger partial charge in [-0.3, -0.25) is 0 Å². The zero-order valence-corrected chi connectivity index (χ0v) is 8.67. The van der Waals surface area contributed by atoms with E-state index in [1.54, 1.807) is 6.07 Å². The first kappa shape index (κ1) is 10.8. The molecule has 1 aromatic heterocycles. The maximum Gasteiger partial charge on any atom is 0.371 e. The van der Waals surface area contributed by atoms with Crippen molar-refractivity contribution in [3.05, 3.63) is 23.2 Å². The van der Waals surface area contributed by atoms with E-state index in [9.17, 15) is 4.79 Å². The predicted molar refractivity (Wildman–Crippen MR) is 53.7 cm³/mol. The molecular weight excluding hydrogens is 180 g/mol. The molecule has 3 heteroatoms. The summed E-state index contributed by atoms with van der Waals surface area (Å²) in [4.78, 5) is 10.7. The van der Waals surface area contributed by atoms with Crippen molar-refractivity contribution >= 4 is 5.97 Å². The van der Waals surface area contributed by atoms with Crippen molar-refractivity contribution in [2.75, 3.05) is 0 Å². The monoisotopic (exact) mass is 196 g/mol. The van der Waals surface area contributed by atoms with Crippen molar-refractivity contribution in [3.8, 4) is 0 Å². The Bertz CT molecular complexity index is 289. The first-order chi connectivity index (χ1) is 6.69. The van der Waals surface area contributed by atoms with Gasteiger partial charge in [0.1, 0.15) is 5.76 Å². The molecule has 0 aliphatic heterocycles. The summed E-state index contributed by atoms with van der Waals surface area (Å²) in [6.45, 7) is 4.13. The summed E-state index contributed by atoms with van der Waals surface area (Å²) in [5, 5.41) is 8.77. The highest BCUT2D eigenvalue weighted by atomic mass is 16.4. The van der Waals surface area contributed by atoms with Crippen LogP contribution in [0.15, 0.2) is 10.5 Å². The lowest BCUT2D eigenvalue weighted by atomic mass is 10.1. The van der Waals surface area contributed by atoms with Gasteiger partial charge in [-0.25, -0.2) is 4.79 Å². The lowest BCUT2D eigenvalue weighted by molar-refractivity contribution is 0.0660. The van der Waals surface area contributed by atoms with Crippen molar-refractivity contribution in [1.29, 1.82) is 0 Å². The highest BCUT2D eigenvalue weighted by Gasteiger charge is 2.14. The molecule has 0 saturated carbocycles. The molecule has 0 saturated heterocycles. The number of aryl methyl sites for hydroxylation is 2. The van der Waals surface area contributed by atoms with Crippen molar-refractivity contribution in [1.82, 2.24) is 0 Å². The standard InChI is InChI=1S/C11H16O3/c1-3-5-8-7-10(11(12)13)14-9(8)6-4-2/h7H,3-6H2,1-2H3,(H,12,13). The molecule has 1 rings (SSSR count). The Balaban J connectivity index is 2.93. The second-order valence-corrected chi connectivity index (χ2v) is 3.36. The van der Waals surface area contributed by atoms with Crippen LogP contribution in [0.4, 0.5) is 0 Å². The molecule has 0 fully saturated rings. The van der Waals surface area contributed by atoms with Crippen molar-refractivity contribution in [2.24, 2.45) is 0 Å². The second-order valence-electron chi connectivity index (χ2n) is 3.36. The van der Waals surface area contributed by atoms with Crippen LogP contribution >= 0.6 is 0 Å². The van der Waals surface area contributed by atoms with E-state index >= 15 is 0 Å². The van der Waals surface area contributed by atoms with Gasteiger partial charge in [0.05, 0.1) is 0 Å². The van der Waals surface area contributed by atoms with Crippen LogP contribution < -0.4 is 0 Å². The molecule has 0 atom stereocenters. The number of hydrogen-bond donors (Lipinski definition) is 1. The fraction of sp³-hybridized carbons (Fsp3) is 0.545. The topological polar surface area (TPSA) is 50.4 Å². The fourth-order valence-corrected chi connectivity index (χ4v) is 1.49. The van der Waals surface area contributed by atoms with Gasteiger partial charge >= 0.3 is 5.97 Å². The summed E-state index contributed by atoms with van der Waals surface area (Å²) in [7, 11) is 0. The summed E-state index contributed by atoms with van der Waals surface area (Å²) >= 11 is 0. The van der Waals surface area contributed by atoms with Crippen LogP contribution in [-0.4, -0.2) is 11.1 Å². The summed E-state index contributed by atoms with van der Waals surface area (Å²) < 4.78 is 5.27. The van der Waals surface area contributed by atoms with Crippen LogP contribution in [0.25, 0.3) is 0 Å². The van der Waals surface area contributed by atoms with Gasteiger partial charge in [-0.1, -0.05) is 20.3 Å². The van der Waals surface area contributed by atoms with E-state index in [0.717, 1.165) is 37.0 Å². The Morgan fingerprint density at radius 2 is 2.00 bits per heavy atom. The Morgan fingerprint density at radius 3 is 2.50 bits per heavy atom. The lowest BCUT2D eigenvalue weighted by Crippen LogP contribution is -1.91. The summed E-state index contributed by atoms with van der Waals surface area (Å²) in [6.07, 6.45) is 3.70. The zero-order valence-electron chi connectivity index (χ0n) is 8.67. The van der Waals surface area contributed by atoms with E-state index in [1.165, 1.54) is 0 Å². The first-order valence-corrected chi connectivity index (χ1v) is 5.03. The molecule has 1 N–H and O–H groups in total. The molecule has 1 heterocycles. The van der Waals surface area contributed by atoms with Gasteiger partial charge in [-0.15, -0.1) is 0 Å². The minimum absolute atomic E-state index is 0.0666. The van der Waals surface area contributed by atoms with Gasteiger partial charge in [-0.2, -0.15) is 0 Å².